The van der Waals surface area contributed by atoms with Gasteiger partial charge in [0.15, 0.2) is 0 Å². The molecule has 0 spiro atoms. The van der Waals surface area contributed by atoms with Gasteiger partial charge in [0.25, 0.3) is 0 Å². The molecule has 0 aromatic carbocycles. The minimum absolute atomic E-state index is 0.428. The first kappa shape index (κ1) is 13.6. The molecule has 1 aromatic heterocycles. The number of hydrogen-bond donors (Lipinski definition) is 2. The van der Waals surface area contributed by atoms with E-state index in [1.165, 1.54) is 19.3 Å². The van der Waals surface area contributed by atoms with Crippen molar-refractivity contribution in [2.24, 2.45) is 0 Å². The maximum atomic E-state index is 10.3. The van der Waals surface area contributed by atoms with Gasteiger partial charge < -0.3 is 15.0 Å². The van der Waals surface area contributed by atoms with Crippen molar-refractivity contribution in [3.05, 3.63) is 18.7 Å². The normalized spacial score (nSPS) is 18.9. The van der Waals surface area contributed by atoms with Crippen LogP contribution in [0.25, 0.3) is 0 Å². The van der Waals surface area contributed by atoms with Gasteiger partial charge in [-0.25, -0.2) is 4.98 Å². The molecule has 1 saturated carbocycles. The predicted molar refractivity (Wildman–Crippen MR) is 72.4 cm³/mol. The fourth-order valence-corrected chi connectivity index (χ4v) is 2.67. The lowest BCUT2D eigenvalue weighted by Gasteiger charge is -2.32. The van der Waals surface area contributed by atoms with Gasteiger partial charge in [-0.2, -0.15) is 0 Å². The third-order valence-electron chi connectivity index (χ3n) is 3.82. The number of nitrogens with zero attached hydrogens (tertiary/aromatic N) is 2. The Morgan fingerprint density at radius 3 is 2.78 bits per heavy atom. The highest BCUT2D eigenvalue weighted by molar-refractivity contribution is 4.84. The van der Waals surface area contributed by atoms with Crippen molar-refractivity contribution in [3.8, 4) is 0 Å². The summed E-state index contributed by atoms with van der Waals surface area (Å²) in [5.74, 6) is 0. The van der Waals surface area contributed by atoms with E-state index in [0.717, 1.165) is 45.3 Å². The smallest absolute Gasteiger partial charge is 0.0945 e. The molecule has 18 heavy (non-hydrogen) atoms. The summed E-state index contributed by atoms with van der Waals surface area (Å²) in [4.78, 5) is 4.02. The summed E-state index contributed by atoms with van der Waals surface area (Å²) in [6.07, 6.45) is 13.6. The van der Waals surface area contributed by atoms with Crippen molar-refractivity contribution in [3.63, 3.8) is 0 Å². The molecule has 0 atom stereocenters. The Balaban J connectivity index is 1.50. The Bertz CT molecular complexity index is 318. The van der Waals surface area contributed by atoms with Gasteiger partial charge in [0, 0.05) is 25.5 Å². The molecule has 0 radical (unpaired) electrons. The van der Waals surface area contributed by atoms with E-state index in [-0.39, 0.29) is 0 Å². The highest BCUT2D eigenvalue weighted by atomic mass is 16.3. The molecule has 1 aliphatic rings. The fraction of sp³-hybridized carbons (Fsp3) is 0.786. The summed E-state index contributed by atoms with van der Waals surface area (Å²) < 4.78 is 2.11. The van der Waals surface area contributed by atoms with Crippen LogP contribution in [0.15, 0.2) is 18.7 Å². The van der Waals surface area contributed by atoms with E-state index in [0.29, 0.717) is 0 Å². The lowest BCUT2D eigenvalue weighted by molar-refractivity contribution is 0.00503. The molecule has 1 heterocycles. The number of imidazole rings is 1. The molecule has 0 bridgehead atoms. The van der Waals surface area contributed by atoms with Gasteiger partial charge in [0.2, 0.25) is 0 Å². The molecule has 0 unspecified atom stereocenters. The molecular formula is C14H25N3O. The molecule has 0 aliphatic heterocycles. The lowest BCUT2D eigenvalue weighted by atomic mass is 9.85. The van der Waals surface area contributed by atoms with Gasteiger partial charge in [0.1, 0.15) is 0 Å². The minimum Gasteiger partial charge on any atom is -0.389 e. The molecule has 102 valence electrons. The Kier molecular flexibility index (Phi) is 5.20. The number of nitrogens with one attached hydrogen (secondary N) is 1. The molecule has 4 nitrogen and oxygen atoms in total. The topological polar surface area (TPSA) is 50.1 Å². The Morgan fingerprint density at radius 2 is 2.06 bits per heavy atom. The highest BCUT2D eigenvalue weighted by Crippen LogP contribution is 2.27. The minimum atomic E-state index is -0.428. The standard InChI is InChI=1S/C14H25N3O/c18-14(6-2-1-3-7-14)12-15-8-4-5-10-17-11-9-16-13-17/h9,11,13,15,18H,1-8,10,12H2. The van der Waals surface area contributed by atoms with Gasteiger partial charge in [-0.3, -0.25) is 0 Å². The van der Waals surface area contributed by atoms with E-state index < -0.39 is 5.60 Å². The maximum absolute atomic E-state index is 10.3. The van der Waals surface area contributed by atoms with Crippen LogP contribution in [0.3, 0.4) is 0 Å². The first-order valence-electron chi connectivity index (χ1n) is 7.17. The van der Waals surface area contributed by atoms with Crippen molar-refractivity contribution in [2.75, 3.05) is 13.1 Å². The van der Waals surface area contributed by atoms with E-state index in [1.807, 2.05) is 18.7 Å². The summed E-state index contributed by atoms with van der Waals surface area (Å²) in [5, 5.41) is 13.7. The highest BCUT2D eigenvalue weighted by Gasteiger charge is 2.28. The zero-order chi connectivity index (χ0) is 12.7. The van der Waals surface area contributed by atoms with Crippen LogP contribution in [0.1, 0.15) is 44.9 Å². The molecule has 0 saturated heterocycles. The third-order valence-corrected chi connectivity index (χ3v) is 3.82. The number of aromatic nitrogens is 2. The van der Waals surface area contributed by atoms with Gasteiger partial charge in [-0.15, -0.1) is 0 Å². The third kappa shape index (κ3) is 4.42. The van der Waals surface area contributed by atoms with Crippen LogP contribution in [0.2, 0.25) is 0 Å². The quantitative estimate of drug-likeness (QED) is 0.728. The predicted octanol–water partition coefficient (Wildman–Crippen LogP) is 1.95. The number of aryl methyl sites for hydroxylation is 1. The SMILES string of the molecule is OC1(CNCCCCn2ccnc2)CCCCC1. The first-order valence-corrected chi connectivity index (χ1v) is 7.17. The van der Waals surface area contributed by atoms with Crippen molar-refractivity contribution in [1.82, 2.24) is 14.9 Å². The lowest BCUT2D eigenvalue weighted by Crippen LogP contribution is -2.42. The average Bonchev–Trinajstić information content (AvgIpc) is 2.87. The van der Waals surface area contributed by atoms with Crippen molar-refractivity contribution >= 4 is 0 Å². The number of rotatable bonds is 7. The summed E-state index contributed by atoms with van der Waals surface area (Å²) in [6.45, 7) is 2.79. The van der Waals surface area contributed by atoms with Gasteiger partial charge in [-0.1, -0.05) is 19.3 Å². The van der Waals surface area contributed by atoms with Crippen LogP contribution in [-0.4, -0.2) is 33.3 Å². The van der Waals surface area contributed by atoms with Crippen LogP contribution in [-0.2, 0) is 6.54 Å². The van der Waals surface area contributed by atoms with Crippen LogP contribution >= 0.6 is 0 Å². The van der Waals surface area contributed by atoms with Crippen molar-refractivity contribution in [1.29, 1.82) is 0 Å². The molecule has 1 aliphatic carbocycles. The monoisotopic (exact) mass is 251 g/mol. The zero-order valence-corrected chi connectivity index (χ0v) is 11.1. The van der Waals surface area contributed by atoms with E-state index >= 15 is 0 Å². The summed E-state index contributed by atoms with van der Waals surface area (Å²) in [6, 6.07) is 0. The van der Waals surface area contributed by atoms with Crippen molar-refractivity contribution in [2.45, 2.75) is 57.1 Å². The number of hydrogen-bond acceptors (Lipinski definition) is 3. The fourth-order valence-electron chi connectivity index (χ4n) is 2.67. The Labute approximate surface area is 109 Å². The molecule has 1 fully saturated rings. The Hall–Kier alpha value is -0.870. The molecule has 0 amide bonds. The van der Waals surface area contributed by atoms with Crippen molar-refractivity contribution < 1.29 is 5.11 Å². The van der Waals surface area contributed by atoms with Gasteiger partial charge in [-0.05, 0) is 32.2 Å². The van der Waals surface area contributed by atoms with Gasteiger partial charge >= 0.3 is 0 Å². The maximum Gasteiger partial charge on any atom is 0.0945 e. The van der Waals surface area contributed by atoms with E-state index in [1.54, 1.807) is 0 Å². The Morgan fingerprint density at radius 1 is 1.22 bits per heavy atom. The molecule has 2 rings (SSSR count). The number of aliphatic hydroxyl groups is 1. The van der Waals surface area contributed by atoms with E-state index in [4.69, 9.17) is 0 Å². The summed E-state index contributed by atoms with van der Waals surface area (Å²) in [7, 11) is 0. The summed E-state index contributed by atoms with van der Waals surface area (Å²) in [5.41, 5.74) is -0.428. The molecule has 2 N–H and O–H groups in total. The first-order chi connectivity index (χ1) is 8.79. The van der Waals surface area contributed by atoms with Crippen LogP contribution in [0, 0.1) is 0 Å². The second kappa shape index (κ2) is 6.90. The molecule has 1 aromatic rings. The molecular weight excluding hydrogens is 226 g/mol. The van der Waals surface area contributed by atoms with Crippen LogP contribution in [0.5, 0.6) is 0 Å². The van der Waals surface area contributed by atoms with E-state index in [2.05, 4.69) is 14.9 Å². The van der Waals surface area contributed by atoms with Gasteiger partial charge in [0.05, 0.1) is 11.9 Å². The second-order valence-electron chi connectivity index (χ2n) is 5.47. The van der Waals surface area contributed by atoms with Crippen LogP contribution in [0.4, 0.5) is 0 Å². The molecule has 4 heteroatoms. The number of unbranched alkanes of at least 4 members (excludes halogenated alkanes) is 1. The van der Waals surface area contributed by atoms with E-state index in [9.17, 15) is 5.11 Å². The van der Waals surface area contributed by atoms with Crippen LogP contribution < -0.4 is 5.32 Å². The largest absolute Gasteiger partial charge is 0.389 e. The summed E-state index contributed by atoms with van der Waals surface area (Å²) >= 11 is 0. The second-order valence-corrected chi connectivity index (χ2v) is 5.47. The zero-order valence-electron chi connectivity index (χ0n) is 11.1. The average molecular weight is 251 g/mol.